The van der Waals surface area contributed by atoms with Crippen LogP contribution < -0.4 is 16.0 Å². The molecule has 1 aliphatic heterocycles. The highest BCUT2D eigenvalue weighted by molar-refractivity contribution is 5.40. The van der Waals surface area contributed by atoms with Gasteiger partial charge in [0.25, 0.3) is 0 Å². The summed E-state index contributed by atoms with van der Waals surface area (Å²) in [6.45, 7) is 0.767. The lowest BCUT2D eigenvalue weighted by atomic mass is 10.0. The Hall–Kier alpha value is -1.92. The van der Waals surface area contributed by atoms with E-state index in [0.717, 1.165) is 30.2 Å². The van der Waals surface area contributed by atoms with E-state index in [4.69, 9.17) is 10.6 Å². The number of ether oxygens (including phenoxy) is 1. The number of hydrazine groups is 1. The number of rotatable bonds is 4. The molecule has 0 saturated carbocycles. The number of hydrogen-bond donors (Lipinski definition) is 2. The number of benzene rings is 1. The van der Waals surface area contributed by atoms with Crippen molar-refractivity contribution in [3.05, 3.63) is 41.5 Å². The van der Waals surface area contributed by atoms with Crippen LogP contribution in [0.2, 0.25) is 0 Å². The van der Waals surface area contributed by atoms with E-state index in [1.165, 1.54) is 5.56 Å². The van der Waals surface area contributed by atoms with Crippen molar-refractivity contribution in [1.82, 2.24) is 20.2 Å². The van der Waals surface area contributed by atoms with Gasteiger partial charge in [-0.1, -0.05) is 12.1 Å². The van der Waals surface area contributed by atoms with Crippen molar-refractivity contribution in [1.29, 1.82) is 0 Å². The summed E-state index contributed by atoms with van der Waals surface area (Å²) in [4.78, 5) is 4.23. The fraction of sp³-hybridized carbons (Fsp3) is 0.385. The van der Waals surface area contributed by atoms with E-state index < -0.39 is 0 Å². The smallest absolute Gasteiger partial charge is 0.138 e. The zero-order valence-electron chi connectivity index (χ0n) is 10.8. The maximum absolute atomic E-state index is 5.68. The van der Waals surface area contributed by atoms with Crippen LogP contribution in [0.3, 0.4) is 0 Å². The largest absolute Gasteiger partial charge is 0.493 e. The van der Waals surface area contributed by atoms with E-state index in [9.17, 15) is 0 Å². The Morgan fingerprint density at radius 3 is 3.16 bits per heavy atom. The summed E-state index contributed by atoms with van der Waals surface area (Å²) >= 11 is 0. The van der Waals surface area contributed by atoms with Gasteiger partial charge in [-0.25, -0.2) is 4.98 Å². The average molecular weight is 259 g/mol. The molecule has 0 fully saturated rings. The van der Waals surface area contributed by atoms with Gasteiger partial charge in [0.15, 0.2) is 0 Å². The molecule has 2 heterocycles. The van der Waals surface area contributed by atoms with Gasteiger partial charge in [0.2, 0.25) is 0 Å². The van der Waals surface area contributed by atoms with Crippen LogP contribution in [0.1, 0.15) is 23.0 Å². The first-order valence-corrected chi connectivity index (χ1v) is 6.32. The number of nitrogens with two attached hydrogens (primary N) is 1. The molecule has 1 unspecified atom stereocenters. The van der Waals surface area contributed by atoms with Gasteiger partial charge < -0.3 is 4.74 Å². The third kappa shape index (κ3) is 2.32. The molecule has 0 aliphatic carbocycles. The predicted octanol–water partition coefficient (Wildman–Crippen LogP) is 0.497. The van der Waals surface area contributed by atoms with Gasteiger partial charge in [0.1, 0.15) is 17.9 Å². The van der Waals surface area contributed by atoms with Crippen LogP contribution in [0, 0.1) is 0 Å². The van der Waals surface area contributed by atoms with Gasteiger partial charge in [-0.15, -0.1) is 0 Å². The highest BCUT2D eigenvalue weighted by atomic mass is 16.5. The molecule has 0 saturated heterocycles. The molecule has 3 N–H and O–H groups in total. The fourth-order valence-electron chi connectivity index (χ4n) is 2.38. The summed E-state index contributed by atoms with van der Waals surface area (Å²) in [6, 6.07) is 6.24. The molecule has 0 radical (unpaired) electrons. The summed E-state index contributed by atoms with van der Waals surface area (Å²) < 4.78 is 7.28. The van der Waals surface area contributed by atoms with Crippen LogP contribution in [-0.2, 0) is 19.9 Å². The predicted molar refractivity (Wildman–Crippen MR) is 70.4 cm³/mol. The first kappa shape index (κ1) is 12.1. The molecule has 19 heavy (non-hydrogen) atoms. The van der Waals surface area contributed by atoms with Gasteiger partial charge in [0, 0.05) is 19.9 Å². The van der Waals surface area contributed by atoms with Crippen molar-refractivity contribution in [2.45, 2.75) is 18.9 Å². The quantitative estimate of drug-likeness (QED) is 0.617. The molecule has 6 heteroatoms. The lowest BCUT2D eigenvalue weighted by Crippen LogP contribution is -2.30. The van der Waals surface area contributed by atoms with Crippen LogP contribution in [-0.4, -0.2) is 21.4 Å². The fourth-order valence-corrected chi connectivity index (χ4v) is 2.38. The van der Waals surface area contributed by atoms with E-state index in [1.807, 2.05) is 19.2 Å². The zero-order chi connectivity index (χ0) is 13.2. The van der Waals surface area contributed by atoms with Gasteiger partial charge in [-0.2, -0.15) is 5.10 Å². The number of hydrogen-bond acceptors (Lipinski definition) is 5. The number of nitrogens with zero attached hydrogens (tertiary/aromatic N) is 3. The van der Waals surface area contributed by atoms with E-state index >= 15 is 0 Å². The number of aromatic nitrogens is 3. The second-order valence-electron chi connectivity index (χ2n) is 4.69. The number of fused-ring (bicyclic) bond motifs is 1. The molecule has 0 spiro atoms. The Balaban J connectivity index is 1.84. The van der Waals surface area contributed by atoms with Crippen molar-refractivity contribution < 1.29 is 4.74 Å². The molecule has 0 amide bonds. The van der Waals surface area contributed by atoms with Crippen LogP contribution in [0.4, 0.5) is 0 Å². The summed E-state index contributed by atoms with van der Waals surface area (Å²) in [5.41, 5.74) is 5.25. The second-order valence-corrected chi connectivity index (χ2v) is 4.69. The first-order chi connectivity index (χ1) is 9.28. The average Bonchev–Trinajstić information content (AvgIpc) is 3.04. The van der Waals surface area contributed by atoms with E-state index in [0.29, 0.717) is 6.42 Å². The summed E-state index contributed by atoms with van der Waals surface area (Å²) in [5, 5.41) is 4.07. The molecule has 1 aromatic carbocycles. The summed E-state index contributed by atoms with van der Waals surface area (Å²) in [7, 11) is 1.88. The van der Waals surface area contributed by atoms with Crippen molar-refractivity contribution in [3.8, 4) is 5.75 Å². The van der Waals surface area contributed by atoms with Crippen LogP contribution >= 0.6 is 0 Å². The number of aryl methyl sites for hydroxylation is 1. The summed E-state index contributed by atoms with van der Waals surface area (Å²) in [6.07, 6.45) is 3.22. The van der Waals surface area contributed by atoms with E-state index in [1.54, 1.807) is 11.0 Å². The molecule has 2 aromatic rings. The maximum atomic E-state index is 5.68. The number of nitrogens with one attached hydrogen (secondary N) is 1. The SMILES string of the molecule is Cn1ncnc1CC(NN)c1ccc2c(c1)CCO2. The maximum Gasteiger partial charge on any atom is 0.138 e. The Morgan fingerprint density at radius 2 is 2.42 bits per heavy atom. The minimum Gasteiger partial charge on any atom is -0.493 e. The molecule has 1 aliphatic rings. The monoisotopic (exact) mass is 259 g/mol. The molecule has 100 valence electrons. The molecular weight excluding hydrogens is 242 g/mol. The molecule has 6 nitrogen and oxygen atoms in total. The van der Waals surface area contributed by atoms with Crippen LogP contribution in [0.15, 0.2) is 24.5 Å². The van der Waals surface area contributed by atoms with Crippen LogP contribution in [0.25, 0.3) is 0 Å². The Morgan fingerprint density at radius 1 is 1.53 bits per heavy atom. The van der Waals surface area contributed by atoms with Crippen molar-refractivity contribution in [3.63, 3.8) is 0 Å². The van der Waals surface area contributed by atoms with Crippen molar-refractivity contribution in [2.24, 2.45) is 12.9 Å². The summed E-state index contributed by atoms with van der Waals surface area (Å²) in [5.74, 6) is 7.56. The van der Waals surface area contributed by atoms with E-state index in [-0.39, 0.29) is 6.04 Å². The lowest BCUT2D eigenvalue weighted by molar-refractivity contribution is 0.356. The van der Waals surface area contributed by atoms with Crippen molar-refractivity contribution >= 4 is 0 Å². The third-order valence-electron chi connectivity index (χ3n) is 3.51. The molecule has 3 rings (SSSR count). The second kappa shape index (κ2) is 4.99. The van der Waals surface area contributed by atoms with Gasteiger partial charge in [0.05, 0.1) is 12.6 Å². The Labute approximate surface area is 111 Å². The molecule has 1 aromatic heterocycles. The topological polar surface area (TPSA) is 78.0 Å². The van der Waals surface area contributed by atoms with E-state index in [2.05, 4.69) is 21.6 Å². The first-order valence-electron chi connectivity index (χ1n) is 6.32. The normalized spacial score (nSPS) is 15.1. The minimum absolute atomic E-state index is 0.0220. The van der Waals surface area contributed by atoms with Gasteiger partial charge in [-0.3, -0.25) is 16.0 Å². The Kier molecular flexibility index (Phi) is 3.18. The van der Waals surface area contributed by atoms with Gasteiger partial charge >= 0.3 is 0 Å². The Bertz CT molecular complexity index is 580. The minimum atomic E-state index is 0.0220. The van der Waals surface area contributed by atoms with Gasteiger partial charge in [-0.05, 0) is 17.2 Å². The highest BCUT2D eigenvalue weighted by Crippen LogP contribution is 2.28. The van der Waals surface area contributed by atoms with Crippen molar-refractivity contribution in [2.75, 3.05) is 6.61 Å². The molecule has 1 atom stereocenters. The molecule has 0 bridgehead atoms. The standard InChI is InChI=1S/C13H17N5O/c1-18-13(15-8-16-18)7-11(17-14)9-2-3-12-10(6-9)4-5-19-12/h2-3,6,8,11,17H,4-5,7,14H2,1H3. The highest BCUT2D eigenvalue weighted by Gasteiger charge is 2.18. The zero-order valence-corrected chi connectivity index (χ0v) is 10.8. The van der Waals surface area contributed by atoms with Crippen LogP contribution in [0.5, 0.6) is 5.75 Å². The lowest BCUT2D eigenvalue weighted by Gasteiger charge is -2.16. The molecular formula is C13H17N5O. The third-order valence-corrected chi connectivity index (χ3v) is 3.51.